The first-order chi connectivity index (χ1) is 35.1. The minimum Gasteiger partial charge on any atom is -1.00 e. The van der Waals surface area contributed by atoms with Crippen molar-refractivity contribution in [2.24, 2.45) is 36.1 Å². The lowest BCUT2D eigenvalue weighted by Crippen LogP contribution is -3.00. The highest BCUT2D eigenvalue weighted by molar-refractivity contribution is 5.98. The minimum absolute atomic E-state index is 0. The van der Waals surface area contributed by atoms with Crippen LogP contribution in [0.1, 0.15) is 110 Å². The Hall–Kier alpha value is -5.81. The molecule has 2 aliphatic heterocycles. The van der Waals surface area contributed by atoms with Crippen LogP contribution in [-0.2, 0) is 71.3 Å². The number of carbonyl (C=O) groups excluding carboxylic acids is 6. The summed E-state index contributed by atoms with van der Waals surface area (Å²) in [4.78, 5) is 84.9. The number of aryl methyl sites for hydroxylation is 2. The lowest BCUT2D eigenvalue weighted by molar-refractivity contribution is -0.940. The zero-order valence-corrected chi connectivity index (χ0v) is 46.2. The second kappa shape index (κ2) is 27.3. The van der Waals surface area contributed by atoms with Gasteiger partial charge in [0.15, 0.2) is 28.8 Å². The van der Waals surface area contributed by atoms with Crippen LogP contribution in [0.3, 0.4) is 0 Å². The largest absolute Gasteiger partial charge is 1.00 e. The standard InChI is InChI=1S/C58H78N6O10.ClH/c1-39(2)28-48(50(66)33-45(30-42-18-14-11-15-19-42)55(69)60-49(29-40(3)4)53(67)58(8)38-73-58)59-54(68)44(22-20-41-16-12-10-13-17-41)32-47(65)36-64(24-26-71-27-25-64)35-43-21-23-51(74-56(70)57(5,6)7)52(31-43)72-37-46-34-63(9)62-61-46;/h10-19,21,23,31,34,39-40,44-45,48-49H,20,22,24-30,32-33,35-38H2,1-9H3,(H-,59,60,68,69);1H/t44-,45-,48+,49+,58-;/m1./s1. The molecule has 0 bridgehead atoms. The predicted octanol–water partition coefficient (Wildman–Crippen LogP) is 4.14. The molecule has 1 aromatic heterocycles. The number of ether oxygens (including phenoxy) is 4. The van der Waals surface area contributed by atoms with E-state index in [1.54, 1.807) is 51.7 Å². The monoisotopic (exact) mass is 1050 g/mol. The molecule has 0 radical (unpaired) electrons. The van der Waals surface area contributed by atoms with Gasteiger partial charge in [0, 0.05) is 37.3 Å². The van der Waals surface area contributed by atoms with Gasteiger partial charge in [-0.25, -0.2) is 0 Å². The Labute approximate surface area is 449 Å². The van der Waals surface area contributed by atoms with E-state index in [-0.39, 0.29) is 79.8 Å². The number of hydrogen-bond donors (Lipinski definition) is 2. The van der Waals surface area contributed by atoms with Crippen molar-refractivity contribution in [3.63, 3.8) is 0 Å². The summed E-state index contributed by atoms with van der Waals surface area (Å²) in [5, 5.41) is 14.2. The number of nitrogens with one attached hydrogen (secondary N) is 2. The topological polar surface area (TPSA) is 197 Å². The molecular formula is C58H79ClN6O10. The number of amides is 2. The van der Waals surface area contributed by atoms with E-state index < -0.39 is 52.7 Å². The summed E-state index contributed by atoms with van der Waals surface area (Å²) in [5.74, 6) is -2.66. The van der Waals surface area contributed by atoms with Gasteiger partial charge in [-0.2, -0.15) is 0 Å². The molecule has 2 amide bonds. The van der Waals surface area contributed by atoms with Crippen molar-refractivity contribution in [3.05, 3.63) is 107 Å². The third-order valence-electron chi connectivity index (χ3n) is 13.8. The fraction of sp³-hybridized carbons (Fsp3) is 0.552. The molecule has 3 heterocycles. The average molecular weight is 1060 g/mol. The average Bonchev–Trinajstić information content (AvgIpc) is 3.97. The number of epoxide rings is 1. The van der Waals surface area contributed by atoms with E-state index in [9.17, 15) is 28.8 Å². The zero-order chi connectivity index (χ0) is 53.6. The van der Waals surface area contributed by atoms with E-state index in [2.05, 4.69) is 20.9 Å². The van der Waals surface area contributed by atoms with Crippen LogP contribution >= 0.6 is 0 Å². The maximum absolute atomic E-state index is 14.7. The zero-order valence-electron chi connectivity index (χ0n) is 45.4. The number of quaternary nitrogens is 1. The summed E-state index contributed by atoms with van der Waals surface area (Å²) in [5.41, 5.74) is 1.62. The van der Waals surface area contributed by atoms with Crippen LogP contribution in [0.5, 0.6) is 11.5 Å². The number of halogens is 1. The first kappa shape index (κ1) is 60.1. The summed E-state index contributed by atoms with van der Waals surface area (Å²) in [6.45, 7) is 17.9. The third-order valence-corrected chi connectivity index (χ3v) is 13.8. The van der Waals surface area contributed by atoms with E-state index in [1.165, 1.54) is 0 Å². The molecule has 4 aromatic rings. The van der Waals surface area contributed by atoms with Crippen LogP contribution in [0, 0.1) is 29.1 Å². The van der Waals surface area contributed by atoms with Crippen LogP contribution in [0.2, 0.25) is 0 Å². The molecule has 5 atom stereocenters. The van der Waals surface area contributed by atoms with Crippen LogP contribution in [0.25, 0.3) is 0 Å². The fourth-order valence-electron chi connectivity index (χ4n) is 9.41. The summed E-state index contributed by atoms with van der Waals surface area (Å²) in [6, 6.07) is 23.0. The van der Waals surface area contributed by atoms with Gasteiger partial charge in [0.05, 0.1) is 43.5 Å². The fourth-order valence-corrected chi connectivity index (χ4v) is 9.41. The van der Waals surface area contributed by atoms with Gasteiger partial charge in [-0.05, 0) is 101 Å². The van der Waals surface area contributed by atoms with E-state index in [0.29, 0.717) is 81.1 Å². The van der Waals surface area contributed by atoms with E-state index in [0.717, 1.165) is 16.7 Å². The maximum atomic E-state index is 14.7. The van der Waals surface area contributed by atoms with Crippen molar-refractivity contribution in [3.8, 4) is 11.5 Å². The van der Waals surface area contributed by atoms with Crippen molar-refractivity contribution >= 4 is 35.1 Å². The lowest BCUT2D eigenvalue weighted by atomic mass is 9.87. The van der Waals surface area contributed by atoms with Gasteiger partial charge in [0.2, 0.25) is 11.8 Å². The molecular weight excluding hydrogens is 976 g/mol. The lowest BCUT2D eigenvalue weighted by Gasteiger charge is -2.41. The Balaban J connectivity index is 0.0000104. The molecule has 2 N–H and O–H groups in total. The number of nitrogens with zero attached hydrogens (tertiary/aromatic N) is 4. The number of hydrogen-bond acceptors (Lipinski definition) is 12. The molecule has 6 rings (SSSR count). The molecule has 2 saturated heterocycles. The normalized spacial score (nSPS) is 17.7. The van der Waals surface area contributed by atoms with Gasteiger partial charge in [-0.3, -0.25) is 33.4 Å². The molecule has 0 saturated carbocycles. The Kier molecular flexibility index (Phi) is 21.9. The minimum atomic E-state index is -0.941. The first-order valence-corrected chi connectivity index (χ1v) is 26.3. The van der Waals surface area contributed by atoms with Crippen molar-refractivity contribution in [2.75, 3.05) is 39.5 Å². The number of morpholine rings is 1. The number of benzene rings is 3. The molecule has 75 heavy (non-hydrogen) atoms. The Bertz CT molecular complexity index is 2530. The van der Waals surface area contributed by atoms with Crippen molar-refractivity contribution in [2.45, 2.75) is 131 Å². The van der Waals surface area contributed by atoms with Crippen molar-refractivity contribution < 1.29 is 64.6 Å². The number of esters is 1. The first-order valence-electron chi connectivity index (χ1n) is 26.3. The summed E-state index contributed by atoms with van der Waals surface area (Å²) in [6.07, 6.45) is 3.41. The van der Waals surface area contributed by atoms with Crippen LogP contribution in [0.15, 0.2) is 85.1 Å². The Morgan fingerprint density at radius 3 is 1.97 bits per heavy atom. The highest BCUT2D eigenvalue weighted by atomic mass is 35.5. The van der Waals surface area contributed by atoms with Crippen LogP contribution < -0.4 is 32.5 Å². The van der Waals surface area contributed by atoms with Gasteiger partial charge < -0.3 is 46.5 Å². The number of Topliss-reactive ketones (excluding diaryl/α,β-unsaturated/α-hetero) is 3. The van der Waals surface area contributed by atoms with Gasteiger partial charge in [-0.1, -0.05) is 93.6 Å². The molecule has 0 aliphatic carbocycles. The summed E-state index contributed by atoms with van der Waals surface area (Å²) in [7, 11) is 1.76. The highest BCUT2D eigenvalue weighted by Gasteiger charge is 2.50. The van der Waals surface area contributed by atoms with Gasteiger partial charge in [-0.15, -0.1) is 5.10 Å². The summed E-state index contributed by atoms with van der Waals surface area (Å²) < 4.78 is 25.3. The maximum Gasteiger partial charge on any atom is 0.316 e. The van der Waals surface area contributed by atoms with Gasteiger partial charge in [0.25, 0.3) is 0 Å². The Morgan fingerprint density at radius 1 is 0.787 bits per heavy atom. The quantitative estimate of drug-likeness (QED) is 0.0358. The van der Waals surface area contributed by atoms with Crippen LogP contribution in [0.4, 0.5) is 0 Å². The molecule has 17 heteroatoms. The van der Waals surface area contributed by atoms with Gasteiger partial charge >= 0.3 is 5.97 Å². The molecule has 408 valence electrons. The SMILES string of the molecule is CC(C)C[C@H](NC(=O)[C@H](CCc1ccccc1)CC(=O)C[N+]1(Cc2ccc(OC(=O)C(C)(C)C)c(OCc3cn(C)nn3)c2)CCOCC1)C(=O)C[C@@H](Cc1ccccc1)C(=O)N[C@@H](CC(C)C)C(=O)[C@@]1(C)CO1.[Cl-]. The second-order valence-electron chi connectivity index (χ2n) is 22.6. The molecule has 0 unspecified atom stereocenters. The highest BCUT2D eigenvalue weighted by Crippen LogP contribution is 2.34. The molecule has 0 spiro atoms. The number of ketones is 3. The predicted molar refractivity (Wildman–Crippen MR) is 280 cm³/mol. The smallest absolute Gasteiger partial charge is 0.316 e. The van der Waals surface area contributed by atoms with Crippen molar-refractivity contribution in [1.82, 2.24) is 25.6 Å². The molecule has 2 fully saturated rings. The number of aromatic nitrogens is 3. The number of carbonyl (C=O) groups is 6. The second-order valence-corrected chi connectivity index (χ2v) is 22.6. The third kappa shape index (κ3) is 18.5. The van der Waals surface area contributed by atoms with Gasteiger partial charge in [0.1, 0.15) is 44.1 Å². The molecule has 3 aromatic carbocycles. The van der Waals surface area contributed by atoms with E-state index in [1.807, 2.05) is 100 Å². The van der Waals surface area contributed by atoms with Crippen LogP contribution in [-0.4, -0.2) is 112 Å². The van der Waals surface area contributed by atoms with E-state index >= 15 is 0 Å². The molecule has 16 nitrogen and oxygen atoms in total. The summed E-state index contributed by atoms with van der Waals surface area (Å²) >= 11 is 0. The Morgan fingerprint density at radius 2 is 1.39 bits per heavy atom. The van der Waals surface area contributed by atoms with E-state index in [4.69, 9.17) is 18.9 Å². The van der Waals surface area contributed by atoms with Crippen molar-refractivity contribution in [1.29, 1.82) is 0 Å². The number of rotatable bonds is 28. The molecule has 2 aliphatic rings.